The van der Waals surface area contributed by atoms with Crippen molar-refractivity contribution in [3.05, 3.63) is 28.7 Å². The number of nitrogens with zero attached hydrogens (tertiary/aromatic N) is 1. The highest BCUT2D eigenvalue weighted by Crippen LogP contribution is 2.24. The normalized spacial score (nSPS) is 18.2. The number of nitrogens with one attached hydrogen (secondary N) is 1. The maximum absolute atomic E-state index is 12.3. The van der Waals surface area contributed by atoms with Crippen molar-refractivity contribution in [1.29, 1.82) is 0 Å². The number of benzene rings is 1. The lowest BCUT2D eigenvalue weighted by molar-refractivity contribution is -0.142. The van der Waals surface area contributed by atoms with Gasteiger partial charge in [0.15, 0.2) is 0 Å². The Kier molecular flexibility index (Phi) is 5.08. The summed E-state index contributed by atoms with van der Waals surface area (Å²) in [4.78, 5) is 36.6. The summed E-state index contributed by atoms with van der Waals surface area (Å²) < 4.78 is 5.64. The van der Waals surface area contributed by atoms with Crippen molar-refractivity contribution in [3.8, 4) is 0 Å². The summed E-state index contributed by atoms with van der Waals surface area (Å²) in [5.41, 5.74) is 0.522. The summed E-state index contributed by atoms with van der Waals surface area (Å²) in [7, 11) is 0. The van der Waals surface area contributed by atoms with Crippen molar-refractivity contribution in [2.45, 2.75) is 19.4 Å². The first-order chi connectivity index (χ1) is 10.0. The molecule has 1 aromatic carbocycles. The van der Waals surface area contributed by atoms with Crippen LogP contribution in [-0.2, 0) is 19.1 Å². The molecule has 0 radical (unpaired) electrons. The van der Waals surface area contributed by atoms with Crippen molar-refractivity contribution >= 4 is 39.4 Å². The van der Waals surface area contributed by atoms with E-state index in [1.807, 2.05) is 0 Å². The number of amides is 2. The van der Waals surface area contributed by atoms with Crippen LogP contribution in [0.1, 0.15) is 13.3 Å². The molecule has 6 nitrogen and oxygen atoms in total. The largest absolute Gasteiger partial charge is 0.465 e. The van der Waals surface area contributed by atoms with E-state index in [1.54, 1.807) is 31.2 Å². The van der Waals surface area contributed by atoms with Gasteiger partial charge in [-0.05, 0) is 31.2 Å². The molecule has 1 aromatic rings. The summed E-state index contributed by atoms with van der Waals surface area (Å²) in [6.45, 7) is 1.90. The second-order valence-corrected chi connectivity index (χ2v) is 5.40. The van der Waals surface area contributed by atoms with Crippen molar-refractivity contribution in [2.75, 3.05) is 18.1 Å². The molecule has 1 fully saturated rings. The number of carbonyl (C=O) groups is 3. The van der Waals surface area contributed by atoms with E-state index in [-0.39, 0.29) is 31.4 Å². The van der Waals surface area contributed by atoms with Crippen molar-refractivity contribution in [3.63, 3.8) is 0 Å². The van der Waals surface area contributed by atoms with E-state index in [2.05, 4.69) is 21.2 Å². The minimum atomic E-state index is -0.689. The number of hydrogen-bond donors (Lipinski definition) is 1. The van der Waals surface area contributed by atoms with Gasteiger partial charge in [0.25, 0.3) is 5.91 Å². The van der Waals surface area contributed by atoms with Gasteiger partial charge < -0.3 is 4.74 Å². The summed E-state index contributed by atoms with van der Waals surface area (Å²) in [5, 5.41) is 2.76. The van der Waals surface area contributed by atoms with Crippen LogP contribution < -0.4 is 10.2 Å². The summed E-state index contributed by atoms with van der Waals surface area (Å²) >= 11 is 3.30. The van der Waals surface area contributed by atoms with E-state index in [0.29, 0.717) is 5.69 Å². The first kappa shape index (κ1) is 15.7. The fraction of sp³-hybridized carbons (Fsp3) is 0.357. The lowest BCUT2D eigenvalue weighted by Gasteiger charge is -2.15. The second kappa shape index (κ2) is 6.82. The zero-order valence-corrected chi connectivity index (χ0v) is 13.1. The zero-order chi connectivity index (χ0) is 15.4. The highest BCUT2D eigenvalue weighted by molar-refractivity contribution is 9.10. The molecule has 1 aliphatic rings. The van der Waals surface area contributed by atoms with Crippen LogP contribution in [0.3, 0.4) is 0 Å². The number of ether oxygens (including phenoxy) is 1. The SMILES string of the molecule is CCOC(=O)CN[C@H]1CC(=O)N(c2ccc(Br)cc2)C1=O. The smallest absolute Gasteiger partial charge is 0.319 e. The molecule has 1 aliphatic heterocycles. The van der Waals surface area contributed by atoms with E-state index < -0.39 is 12.0 Å². The van der Waals surface area contributed by atoms with Gasteiger partial charge in [-0.3, -0.25) is 19.7 Å². The topological polar surface area (TPSA) is 75.7 Å². The number of imide groups is 1. The second-order valence-electron chi connectivity index (χ2n) is 4.49. The van der Waals surface area contributed by atoms with Gasteiger partial charge in [-0.25, -0.2) is 4.90 Å². The van der Waals surface area contributed by atoms with Crippen LogP contribution in [0.15, 0.2) is 28.7 Å². The summed E-state index contributed by atoms with van der Waals surface area (Å²) in [6.07, 6.45) is 0.0360. The predicted molar refractivity (Wildman–Crippen MR) is 79.7 cm³/mol. The monoisotopic (exact) mass is 354 g/mol. The first-order valence-electron chi connectivity index (χ1n) is 6.54. The molecule has 0 saturated carbocycles. The van der Waals surface area contributed by atoms with Gasteiger partial charge in [-0.15, -0.1) is 0 Å². The molecule has 0 bridgehead atoms. The van der Waals surface area contributed by atoms with Gasteiger partial charge in [0.05, 0.1) is 31.3 Å². The average molecular weight is 355 g/mol. The van der Waals surface area contributed by atoms with Gasteiger partial charge in [0.2, 0.25) is 5.91 Å². The first-order valence-corrected chi connectivity index (χ1v) is 7.33. The number of carbonyl (C=O) groups excluding carboxylic acids is 3. The molecule has 0 aliphatic carbocycles. The van der Waals surface area contributed by atoms with E-state index in [0.717, 1.165) is 9.37 Å². The lowest BCUT2D eigenvalue weighted by atomic mass is 10.2. The third-order valence-electron chi connectivity index (χ3n) is 3.03. The van der Waals surface area contributed by atoms with E-state index in [1.165, 1.54) is 0 Å². The Morgan fingerprint density at radius 2 is 2.05 bits per heavy atom. The molecule has 112 valence electrons. The lowest BCUT2D eigenvalue weighted by Crippen LogP contribution is -2.41. The van der Waals surface area contributed by atoms with Crippen LogP contribution >= 0.6 is 15.9 Å². The molecule has 0 aromatic heterocycles. The molecule has 2 rings (SSSR count). The molecular weight excluding hydrogens is 340 g/mol. The van der Waals surface area contributed by atoms with Gasteiger partial charge >= 0.3 is 5.97 Å². The summed E-state index contributed by atoms with van der Waals surface area (Å²) in [5.74, 6) is -1.09. The molecule has 0 unspecified atom stereocenters. The maximum Gasteiger partial charge on any atom is 0.319 e. The predicted octanol–water partition coefficient (Wildman–Crippen LogP) is 1.23. The Hall–Kier alpha value is -1.73. The highest BCUT2D eigenvalue weighted by Gasteiger charge is 2.39. The Bertz CT molecular complexity index is 559. The van der Waals surface area contributed by atoms with Crippen LogP contribution in [0.2, 0.25) is 0 Å². The van der Waals surface area contributed by atoms with E-state index in [4.69, 9.17) is 4.74 Å². The molecule has 1 atom stereocenters. The number of esters is 1. The Labute approximate surface area is 130 Å². The molecule has 0 spiro atoms. The van der Waals surface area contributed by atoms with Crippen LogP contribution in [-0.4, -0.2) is 37.0 Å². The highest BCUT2D eigenvalue weighted by atomic mass is 79.9. The Balaban J connectivity index is 2.03. The molecule has 2 amide bonds. The third-order valence-corrected chi connectivity index (χ3v) is 3.56. The molecule has 7 heteroatoms. The fourth-order valence-corrected chi connectivity index (χ4v) is 2.34. The van der Waals surface area contributed by atoms with Crippen LogP contribution in [0.25, 0.3) is 0 Å². The van der Waals surface area contributed by atoms with E-state index in [9.17, 15) is 14.4 Å². The standard InChI is InChI=1S/C14H15BrN2O4/c1-2-21-13(19)8-16-11-7-12(18)17(14(11)20)10-5-3-9(15)4-6-10/h3-6,11,16H,2,7-8H2,1H3/t11-/m0/s1. The minimum absolute atomic E-state index is 0.0360. The van der Waals surface area contributed by atoms with Crippen molar-refractivity contribution in [2.24, 2.45) is 0 Å². The number of anilines is 1. The molecule has 1 N–H and O–H groups in total. The van der Waals surface area contributed by atoms with Crippen LogP contribution in [0.5, 0.6) is 0 Å². The average Bonchev–Trinajstić information content (AvgIpc) is 2.73. The van der Waals surface area contributed by atoms with Gasteiger partial charge in [0.1, 0.15) is 0 Å². The van der Waals surface area contributed by atoms with Crippen LogP contribution in [0, 0.1) is 0 Å². The van der Waals surface area contributed by atoms with Crippen LogP contribution in [0.4, 0.5) is 5.69 Å². The van der Waals surface area contributed by atoms with Gasteiger partial charge in [-0.1, -0.05) is 15.9 Å². The fourth-order valence-electron chi connectivity index (χ4n) is 2.07. The van der Waals surface area contributed by atoms with Gasteiger partial charge in [-0.2, -0.15) is 0 Å². The number of hydrogen-bond acceptors (Lipinski definition) is 5. The zero-order valence-electron chi connectivity index (χ0n) is 11.5. The summed E-state index contributed by atoms with van der Waals surface area (Å²) in [6, 6.07) is 6.21. The quantitative estimate of drug-likeness (QED) is 0.635. The third kappa shape index (κ3) is 3.68. The van der Waals surface area contributed by atoms with Crippen molar-refractivity contribution in [1.82, 2.24) is 5.32 Å². The molecule has 1 saturated heterocycles. The molecular formula is C14H15BrN2O4. The molecule has 21 heavy (non-hydrogen) atoms. The number of rotatable bonds is 5. The Morgan fingerprint density at radius 3 is 2.67 bits per heavy atom. The van der Waals surface area contributed by atoms with Gasteiger partial charge in [0, 0.05) is 4.47 Å². The molecule has 1 heterocycles. The van der Waals surface area contributed by atoms with E-state index >= 15 is 0 Å². The maximum atomic E-state index is 12.3. The number of halogens is 1. The minimum Gasteiger partial charge on any atom is -0.465 e. The Morgan fingerprint density at radius 1 is 1.38 bits per heavy atom. The van der Waals surface area contributed by atoms with Crippen molar-refractivity contribution < 1.29 is 19.1 Å².